The third-order valence-corrected chi connectivity index (χ3v) is 1.31. The molecule has 23 heavy (non-hydrogen) atoms. The predicted molar refractivity (Wildman–Crippen MR) is 72.1 cm³/mol. The van der Waals surface area contributed by atoms with Crippen molar-refractivity contribution < 1.29 is 62.2 Å². The lowest BCUT2D eigenvalue weighted by molar-refractivity contribution is -0.126. The van der Waals surface area contributed by atoms with Gasteiger partial charge in [-0.25, -0.2) is 0 Å². The zero-order chi connectivity index (χ0) is 19.6. The van der Waals surface area contributed by atoms with Gasteiger partial charge in [0.05, 0.1) is 0 Å². The minimum Gasteiger partial charge on any atom is -0.398 e. The molecule has 1 aliphatic heterocycles. The summed E-state index contributed by atoms with van der Waals surface area (Å²) in [5.74, 6) is 0.292. The van der Waals surface area contributed by atoms with Crippen LogP contribution in [0.25, 0.3) is 0 Å². The smallest absolute Gasteiger partial charge is 0.398 e. The highest BCUT2D eigenvalue weighted by Crippen LogP contribution is 2.04. The first-order chi connectivity index (χ1) is 10.2. The Bertz CT molecular complexity index is 221. The number of likely N-dealkylation sites (tertiary alicyclic amines) is 1. The van der Waals surface area contributed by atoms with E-state index in [2.05, 4.69) is 0 Å². The fraction of sp³-hybridized carbons (Fsp3) is 0.800. The number of rotatable bonds is 0. The number of hydrogen-bond acceptors (Lipinski definition) is 9. The van der Waals surface area contributed by atoms with Crippen molar-refractivity contribution in [2.45, 2.75) is 12.8 Å². The van der Waals surface area contributed by atoms with Gasteiger partial charge in [-0.15, -0.1) is 0 Å². The molecule has 1 fully saturated rings. The molecule has 1 amide bonds. The molecule has 0 aromatic heterocycles. The van der Waals surface area contributed by atoms with E-state index < -0.39 is 29.6 Å². The van der Waals surface area contributed by atoms with Crippen LogP contribution in [-0.2, 0) is 4.79 Å². The lowest BCUT2D eigenvalue weighted by atomic mass is 10.3. The molecule has 1 saturated heterocycles. The molecule has 8 N–H and O–H groups in total. The van der Waals surface area contributed by atoms with Crippen molar-refractivity contribution in [2.24, 2.45) is 0 Å². The molecular weight excluding hydrogens is 337 g/mol. The van der Waals surface area contributed by atoms with E-state index in [0.29, 0.717) is 5.91 Å². The largest absolute Gasteiger partial charge is 0.674 e. The van der Waals surface area contributed by atoms with E-state index >= 15 is 0 Å². The summed E-state index contributed by atoms with van der Waals surface area (Å²) in [4.78, 5) is 12.3. The van der Waals surface area contributed by atoms with Gasteiger partial charge in [-0.3, -0.25) is 22.1 Å². The number of nitrogens with zero attached hydrogens (tertiary/aromatic N) is 1. The van der Waals surface area contributed by atoms with Gasteiger partial charge in [0, 0.05) is 20.0 Å². The lowest BCUT2D eigenvalue weighted by Gasteiger charge is -2.03. The summed E-state index contributed by atoms with van der Waals surface area (Å²) >= 11 is 0. The summed E-state index contributed by atoms with van der Waals surface area (Å²) in [6, 6.07) is 0. The van der Waals surface area contributed by atoms with Crippen LogP contribution in [0.2, 0.25) is 0 Å². The average Bonchev–Trinajstić information content (AvgIpc) is 2.59. The van der Waals surface area contributed by atoms with Gasteiger partial charge < -0.3 is 45.1 Å². The molecule has 0 aromatic rings. The number of hydrogen-bond donors (Lipinski definition) is 8. The quantitative estimate of drug-likeness (QED) is 0.158. The Morgan fingerprint density at radius 2 is 1.00 bits per heavy atom. The highest BCUT2D eigenvalue weighted by atomic mass is 19.1. The normalized spacial score (nSPS) is 11.2. The van der Waals surface area contributed by atoms with E-state index in [4.69, 9.17) is 40.2 Å². The maximum atomic E-state index is 10.5. The predicted octanol–water partition coefficient (Wildman–Crippen LogP) is -4.06. The molecule has 10 nitrogen and oxygen atoms in total. The van der Waals surface area contributed by atoms with Crippen LogP contribution in [0.15, 0.2) is 0 Å². The highest BCUT2D eigenvalue weighted by molar-refractivity contribution is 6.32. The van der Waals surface area contributed by atoms with Crippen molar-refractivity contribution in [3.05, 3.63) is 0 Å². The number of carbonyl (C=O) groups is 1. The van der Waals surface area contributed by atoms with Gasteiger partial charge in [0.25, 0.3) is 0 Å². The first-order valence-corrected chi connectivity index (χ1v) is 5.48. The van der Waals surface area contributed by atoms with Crippen molar-refractivity contribution in [1.29, 1.82) is 0 Å². The van der Waals surface area contributed by atoms with E-state index in [0.717, 1.165) is 19.4 Å². The van der Waals surface area contributed by atoms with Gasteiger partial charge in [0.1, 0.15) is 0 Å². The number of amides is 1. The average molecular weight is 354 g/mol. The van der Waals surface area contributed by atoms with Gasteiger partial charge in [-0.2, -0.15) is 0 Å². The van der Waals surface area contributed by atoms with Crippen LogP contribution < -0.4 is 0 Å². The maximum Gasteiger partial charge on any atom is 0.674 e. The molecule has 0 spiro atoms. The summed E-state index contributed by atoms with van der Waals surface area (Å²) in [7, 11) is -8.82. The molecule has 0 unspecified atom stereocenters. The van der Waals surface area contributed by atoms with Crippen molar-refractivity contribution in [3.63, 3.8) is 0 Å². The van der Waals surface area contributed by atoms with Crippen LogP contribution >= 0.6 is 0 Å². The van der Waals surface area contributed by atoms with Crippen molar-refractivity contribution >= 4 is 35.5 Å². The molecule has 0 aliphatic carbocycles. The fourth-order valence-corrected chi connectivity index (χ4v) is 0.783. The van der Waals surface area contributed by atoms with Crippen LogP contribution in [0.1, 0.15) is 12.8 Å². The minimum atomic E-state index is -2.67. The molecule has 136 valence electrons. The first-order valence-electron chi connectivity index (χ1n) is 5.48. The van der Waals surface area contributed by atoms with Crippen molar-refractivity contribution in [1.82, 2.24) is 4.90 Å². The Kier molecular flexibility index (Phi) is 27.6. The standard InChI is InChI=1S/C5H9NO.4BFH2O2/c1-6-4-2-3-5(6)7;4*2-1(3)4/h2-4H2,1H3;4*3-4H. The van der Waals surface area contributed by atoms with E-state index in [1.54, 1.807) is 4.90 Å². The Morgan fingerprint density at radius 3 is 1.04 bits per heavy atom. The molecule has 0 bridgehead atoms. The molecule has 0 saturated carbocycles. The van der Waals surface area contributed by atoms with Crippen molar-refractivity contribution in [2.75, 3.05) is 13.6 Å². The number of halogens is 4. The summed E-state index contributed by atoms with van der Waals surface area (Å²) in [5, 5.41) is 55.6. The van der Waals surface area contributed by atoms with Gasteiger partial charge in [-0.05, 0) is 6.42 Å². The second-order valence-electron chi connectivity index (χ2n) is 3.16. The molecule has 0 atom stereocenters. The Morgan fingerprint density at radius 1 is 0.783 bits per heavy atom. The second kappa shape index (κ2) is 21.1. The van der Waals surface area contributed by atoms with E-state index in [1.807, 2.05) is 7.05 Å². The van der Waals surface area contributed by atoms with Gasteiger partial charge in [-0.1, -0.05) is 0 Å². The first kappa shape index (κ1) is 30.1. The zero-order valence-electron chi connectivity index (χ0n) is 11.9. The minimum absolute atomic E-state index is 0.292. The molecule has 18 heteroatoms. The topological polar surface area (TPSA) is 182 Å². The lowest BCUT2D eigenvalue weighted by Crippen LogP contribution is -2.17. The van der Waals surface area contributed by atoms with E-state index in [1.165, 1.54) is 0 Å². The summed E-state index contributed by atoms with van der Waals surface area (Å²) in [6.45, 7) is 0.957. The SMILES string of the molecule is CN1CCCC1=O.OB(O)F.OB(O)F.OB(O)F.OB(O)F. The molecular formula is C5H17B4F4NO9. The number of carbonyl (C=O) groups excluding carboxylic acids is 1. The van der Waals surface area contributed by atoms with Crippen LogP contribution in [0.5, 0.6) is 0 Å². The van der Waals surface area contributed by atoms with Crippen LogP contribution in [-0.4, -0.2) is 94.2 Å². The Hall–Kier alpha value is -0.870. The Labute approximate surface area is 130 Å². The molecule has 1 heterocycles. The van der Waals surface area contributed by atoms with Crippen LogP contribution in [0.3, 0.4) is 0 Å². The van der Waals surface area contributed by atoms with E-state index in [9.17, 15) is 22.1 Å². The molecule has 1 rings (SSSR count). The highest BCUT2D eigenvalue weighted by Gasteiger charge is 2.14. The van der Waals surface area contributed by atoms with Gasteiger partial charge >= 0.3 is 29.6 Å². The zero-order valence-corrected chi connectivity index (χ0v) is 11.9. The molecule has 1 aliphatic rings. The van der Waals surface area contributed by atoms with E-state index in [-0.39, 0.29) is 0 Å². The third kappa shape index (κ3) is 92.8. The third-order valence-electron chi connectivity index (χ3n) is 1.31. The maximum absolute atomic E-state index is 10.5. The molecule has 0 aromatic carbocycles. The van der Waals surface area contributed by atoms with Gasteiger partial charge in [0.15, 0.2) is 0 Å². The fourth-order valence-electron chi connectivity index (χ4n) is 0.783. The second-order valence-corrected chi connectivity index (χ2v) is 3.16. The van der Waals surface area contributed by atoms with Gasteiger partial charge in [0.2, 0.25) is 5.91 Å². The summed E-state index contributed by atoms with van der Waals surface area (Å²) in [5.41, 5.74) is 0. The Balaban J connectivity index is -0.000000102. The molecule has 0 radical (unpaired) electrons. The monoisotopic (exact) mass is 355 g/mol. The van der Waals surface area contributed by atoms with Crippen molar-refractivity contribution in [3.8, 4) is 0 Å². The van der Waals surface area contributed by atoms with Crippen LogP contribution in [0, 0.1) is 0 Å². The summed E-state index contributed by atoms with van der Waals surface area (Å²) in [6.07, 6.45) is 1.81. The summed E-state index contributed by atoms with van der Waals surface area (Å²) < 4.78 is 40.4. The van der Waals surface area contributed by atoms with Crippen LogP contribution in [0.4, 0.5) is 17.3 Å².